The summed E-state index contributed by atoms with van der Waals surface area (Å²) in [5, 5.41) is 8.58. The van der Waals surface area contributed by atoms with Gasteiger partial charge in [0, 0.05) is 17.0 Å². The number of fused-ring (bicyclic) bond motifs is 1. The molecule has 35 heavy (non-hydrogen) atoms. The molecule has 7 nitrogen and oxygen atoms in total. The fourth-order valence-electron chi connectivity index (χ4n) is 3.80. The summed E-state index contributed by atoms with van der Waals surface area (Å²) < 4.78 is 26.8. The molecule has 1 atom stereocenters. The lowest BCUT2D eigenvalue weighted by atomic mass is 9.96. The fraction of sp³-hybridized carbons (Fsp3) is 0.346. The second-order valence-electron chi connectivity index (χ2n) is 8.10. The van der Waals surface area contributed by atoms with Crippen LogP contribution in [-0.2, 0) is 16.1 Å². The first-order valence-corrected chi connectivity index (χ1v) is 12.7. The Hall–Kier alpha value is -3.33. The van der Waals surface area contributed by atoms with Crippen LogP contribution in [0.25, 0.3) is 0 Å². The van der Waals surface area contributed by atoms with E-state index in [1.54, 1.807) is 41.6 Å². The van der Waals surface area contributed by atoms with Gasteiger partial charge in [0.15, 0.2) is 0 Å². The maximum atomic E-state index is 13.9. The lowest BCUT2D eigenvalue weighted by Crippen LogP contribution is -2.29. The number of nitrogens with zero attached hydrogens (tertiary/aromatic N) is 3. The summed E-state index contributed by atoms with van der Waals surface area (Å²) in [7, 11) is 0. The van der Waals surface area contributed by atoms with Crippen LogP contribution in [0.15, 0.2) is 65.0 Å². The summed E-state index contributed by atoms with van der Waals surface area (Å²) >= 11 is 1.60. The molecule has 1 aliphatic rings. The third-order valence-electron chi connectivity index (χ3n) is 5.61. The van der Waals surface area contributed by atoms with Gasteiger partial charge in [-0.2, -0.15) is 4.98 Å². The Labute approximate surface area is 208 Å². The van der Waals surface area contributed by atoms with Gasteiger partial charge in [0.1, 0.15) is 24.2 Å². The lowest BCUT2D eigenvalue weighted by molar-refractivity contribution is -0.139. The van der Waals surface area contributed by atoms with Crippen molar-refractivity contribution in [1.29, 1.82) is 0 Å². The zero-order chi connectivity index (χ0) is 24.8. The predicted molar refractivity (Wildman–Crippen MR) is 134 cm³/mol. The average Bonchev–Trinajstić information content (AvgIpc) is 3.25. The maximum absolute atomic E-state index is 13.9. The molecule has 3 aromatic rings. The number of hydrogen-bond acceptors (Lipinski definition) is 7. The standard InChI is InChI=1S/C26H29FN4O3S/c1-4-6-15-35-26-29-25-28-17(3)22(24(32)33-5-2)23(31(25)30-26)18-11-13-20(14-12-18)34-16-19-9-7-8-10-21(19)27/h7-14,23H,4-6,15-16H2,1-3H3,(H,28,29,30). The van der Waals surface area contributed by atoms with E-state index in [0.717, 1.165) is 24.2 Å². The second kappa shape index (κ2) is 11.4. The number of anilines is 1. The number of aromatic nitrogens is 3. The zero-order valence-electron chi connectivity index (χ0n) is 20.1. The van der Waals surface area contributed by atoms with E-state index in [4.69, 9.17) is 14.6 Å². The van der Waals surface area contributed by atoms with Crippen molar-refractivity contribution < 1.29 is 18.7 Å². The van der Waals surface area contributed by atoms with Crippen molar-refractivity contribution in [2.75, 3.05) is 17.7 Å². The van der Waals surface area contributed by atoms with Crippen LogP contribution in [0.3, 0.4) is 0 Å². The number of carbonyl (C=O) groups is 1. The van der Waals surface area contributed by atoms with Gasteiger partial charge < -0.3 is 14.8 Å². The van der Waals surface area contributed by atoms with E-state index >= 15 is 0 Å². The molecular formula is C26H29FN4O3S. The number of esters is 1. The van der Waals surface area contributed by atoms with Gasteiger partial charge in [-0.1, -0.05) is 55.4 Å². The van der Waals surface area contributed by atoms with Crippen LogP contribution in [0.1, 0.15) is 50.8 Å². The number of hydrogen-bond donors (Lipinski definition) is 1. The second-order valence-corrected chi connectivity index (χ2v) is 9.16. The molecule has 0 spiro atoms. The molecule has 1 aliphatic heterocycles. The summed E-state index contributed by atoms with van der Waals surface area (Å²) in [6, 6.07) is 13.4. The van der Waals surface area contributed by atoms with Gasteiger partial charge in [0.05, 0.1) is 12.2 Å². The van der Waals surface area contributed by atoms with Crippen LogP contribution in [0.2, 0.25) is 0 Å². The Bertz CT molecular complexity index is 1210. The number of rotatable bonds is 10. The largest absolute Gasteiger partial charge is 0.489 e. The van der Waals surface area contributed by atoms with Crippen LogP contribution in [0.4, 0.5) is 10.3 Å². The highest BCUT2D eigenvalue weighted by Gasteiger charge is 2.35. The molecule has 1 aromatic heterocycles. The number of ether oxygens (including phenoxy) is 2. The summed E-state index contributed by atoms with van der Waals surface area (Å²) in [6.45, 7) is 6.16. The first kappa shape index (κ1) is 24.8. The van der Waals surface area contributed by atoms with Crippen LogP contribution in [0, 0.1) is 5.82 Å². The van der Waals surface area contributed by atoms with Crippen molar-refractivity contribution in [3.8, 4) is 5.75 Å². The first-order valence-electron chi connectivity index (χ1n) is 11.7. The maximum Gasteiger partial charge on any atom is 0.338 e. The Balaban J connectivity index is 1.61. The number of unbranched alkanes of at least 4 members (excludes halogenated alkanes) is 1. The number of benzene rings is 2. The molecule has 0 radical (unpaired) electrons. The molecular weight excluding hydrogens is 467 g/mol. The van der Waals surface area contributed by atoms with Gasteiger partial charge >= 0.3 is 5.97 Å². The van der Waals surface area contributed by atoms with Crippen molar-refractivity contribution in [2.24, 2.45) is 0 Å². The summed E-state index contributed by atoms with van der Waals surface area (Å²) in [4.78, 5) is 17.6. The molecule has 0 saturated heterocycles. The van der Waals surface area contributed by atoms with E-state index < -0.39 is 12.0 Å². The van der Waals surface area contributed by atoms with Crippen molar-refractivity contribution in [3.05, 3.63) is 76.7 Å². The van der Waals surface area contributed by atoms with E-state index in [9.17, 15) is 9.18 Å². The van der Waals surface area contributed by atoms with Crippen molar-refractivity contribution >= 4 is 23.7 Å². The lowest BCUT2D eigenvalue weighted by Gasteiger charge is -2.28. The number of allylic oxidation sites excluding steroid dienone is 1. The highest BCUT2D eigenvalue weighted by atomic mass is 32.2. The molecule has 0 saturated carbocycles. The van der Waals surface area contributed by atoms with Crippen molar-refractivity contribution in [1.82, 2.24) is 14.8 Å². The minimum absolute atomic E-state index is 0.123. The molecule has 0 amide bonds. The van der Waals surface area contributed by atoms with Crippen LogP contribution in [0.5, 0.6) is 5.75 Å². The highest BCUT2D eigenvalue weighted by molar-refractivity contribution is 7.99. The zero-order valence-corrected chi connectivity index (χ0v) is 20.9. The molecule has 4 rings (SSSR count). The van der Waals surface area contributed by atoms with Gasteiger partial charge in [-0.15, -0.1) is 5.10 Å². The first-order chi connectivity index (χ1) is 17.0. The molecule has 0 aliphatic carbocycles. The smallest absolute Gasteiger partial charge is 0.338 e. The Morgan fingerprint density at radius 3 is 2.66 bits per heavy atom. The number of halogens is 1. The third kappa shape index (κ3) is 5.67. The highest BCUT2D eigenvalue weighted by Crippen LogP contribution is 2.37. The van der Waals surface area contributed by atoms with E-state index in [1.165, 1.54) is 6.07 Å². The normalized spacial score (nSPS) is 14.9. The average molecular weight is 497 g/mol. The SMILES string of the molecule is CCCCSc1nc2n(n1)C(c1ccc(OCc3ccccc3F)cc1)C(C(=O)OCC)=C(C)N2. The van der Waals surface area contributed by atoms with Crippen molar-refractivity contribution in [3.63, 3.8) is 0 Å². The topological polar surface area (TPSA) is 78.3 Å². The van der Waals surface area contributed by atoms with Crippen molar-refractivity contribution in [2.45, 2.75) is 51.4 Å². The molecule has 0 fully saturated rings. The van der Waals surface area contributed by atoms with E-state index in [2.05, 4.69) is 17.2 Å². The van der Waals surface area contributed by atoms with Crippen LogP contribution >= 0.6 is 11.8 Å². The van der Waals surface area contributed by atoms with E-state index in [0.29, 0.717) is 33.7 Å². The number of carbonyl (C=O) groups excluding carboxylic acids is 1. The van der Waals surface area contributed by atoms with Gasteiger partial charge in [-0.3, -0.25) is 0 Å². The van der Waals surface area contributed by atoms with Crippen LogP contribution in [-0.4, -0.2) is 33.1 Å². The van der Waals surface area contributed by atoms with Crippen LogP contribution < -0.4 is 10.1 Å². The summed E-state index contributed by atoms with van der Waals surface area (Å²) in [5.74, 6) is 1.41. The molecule has 2 heterocycles. The molecule has 9 heteroatoms. The Morgan fingerprint density at radius 2 is 1.94 bits per heavy atom. The quantitative estimate of drug-likeness (QED) is 0.218. The molecule has 0 bridgehead atoms. The Morgan fingerprint density at radius 1 is 1.17 bits per heavy atom. The predicted octanol–water partition coefficient (Wildman–Crippen LogP) is 5.74. The fourth-order valence-corrected chi connectivity index (χ4v) is 4.72. The minimum atomic E-state index is -0.501. The summed E-state index contributed by atoms with van der Waals surface area (Å²) in [5.41, 5.74) is 2.48. The van der Waals surface area contributed by atoms with Gasteiger partial charge in [-0.05, 0) is 44.0 Å². The van der Waals surface area contributed by atoms with Gasteiger partial charge in [0.25, 0.3) is 0 Å². The Kier molecular flexibility index (Phi) is 8.07. The monoisotopic (exact) mass is 496 g/mol. The number of thioether (sulfide) groups is 1. The molecule has 1 N–H and O–H groups in total. The van der Waals surface area contributed by atoms with E-state index in [-0.39, 0.29) is 19.0 Å². The summed E-state index contributed by atoms with van der Waals surface area (Å²) in [6.07, 6.45) is 2.17. The minimum Gasteiger partial charge on any atom is -0.489 e. The van der Waals surface area contributed by atoms with Gasteiger partial charge in [-0.25, -0.2) is 13.9 Å². The third-order valence-corrected chi connectivity index (χ3v) is 6.53. The van der Waals surface area contributed by atoms with Gasteiger partial charge in [0.2, 0.25) is 11.1 Å². The molecule has 1 unspecified atom stereocenters. The molecule has 184 valence electrons. The molecule has 2 aromatic carbocycles. The number of nitrogens with one attached hydrogen (secondary N) is 1. The van der Waals surface area contributed by atoms with E-state index in [1.807, 2.05) is 31.2 Å².